The quantitative estimate of drug-likeness (QED) is 0.577. The van der Waals surface area contributed by atoms with E-state index in [0.29, 0.717) is 25.2 Å². The molecule has 0 aromatic carbocycles. The number of hydrogen-bond acceptors (Lipinski definition) is 0. The van der Waals surface area contributed by atoms with E-state index in [1.54, 1.807) is 0 Å². The first-order valence-electron chi connectivity index (χ1n) is 4.38. The minimum Gasteiger partial charge on any atom is -0.171 e. The smallest absolute Gasteiger partial charge is 0.171 e. The Morgan fingerprint density at radius 2 is 1.50 bits per heavy atom. The molecule has 0 unspecified atom stereocenters. The van der Waals surface area contributed by atoms with Gasteiger partial charge in [0.05, 0.1) is 5.41 Å². The van der Waals surface area contributed by atoms with E-state index in [1.807, 2.05) is 13.8 Å². The standard InChI is InChI=1S/C9H13F3/c1-6(2)7-3-8(4-7,5-7)9(10,11)12/h6H,3-5H2,1-2H3/t7-,8-. The van der Waals surface area contributed by atoms with Crippen LogP contribution in [0.15, 0.2) is 0 Å². The van der Waals surface area contributed by atoms with Crippen LogP contribution in [0.5, 0.6) is 0 Å². The number of hydrogen-bond donors (Lipinski definition) is 0. The van der Waals surface area contributed by atoms with E-state index < -0.39 is 11.6 Å². The van der Waals surface area contributed by atoms with E-state index in [-0.39, 0.29) is 5.41 Å². The summed E-state index contributed by atoms with van der Waals surface area (Å²) in [5, 5.41) is 0. The maximum atomic E-state index is 12.4. The molecule has 3 aliphatic carbocycles. The van der Waals surface area contributed by atoms with Crippen LogP contribution >= 0.6 is 0 Å². The molecule has 0 aromatic heterocycles. The average Bonchev–Trinajstić information content (AvgIpc) is 1.46. The lowest BCUT2D eigenvalue weighted by Gasteiger charge is -2.72. The second-order valence-electron chi connectivity index (χ2n) is 4.83. The summed E-state index contributed by atoms with van der Waals surface area (Å²) < 4.78 is 37.1. The zero-order valence-electron chi connectivity index (χ0n) is 7.33. The van der Waals surface area contributed by atoms with Crippen molar-refractivity contribution in [2.75, 3.05) is 0 Å². The summed E-state index contributed by atoms with van der Waals surface area (Å²) in [6.45, 7) is 4.05. The zero-order valence-corrected chi connectivity index (χ0v) is 7.33. The van der Waals surface area contributed by atoms with Crippen LogP contribution in [0.2, 0.25) is 0 Å². The summed E-state index contributed by atoms with van der Waals surface area (Å²) in [5.41, 5.74) is -1.19. The molecular formula is C9H13F3. The number of alkyl halides is 3. The highest BCUT2D eigenvalue weighted by molar-refractivity contribution is 5.20. The topological polar surface area (TPSA) is 0 Å². The Morgan fingerprint density at radius 3 is 1.75 bits per heavy atom. The second-order valence-corrected chi connectivity index (χ2v) is 4.83. The van der Waals surface area contributed by atoms with Crippen LogP contribution in [0.4, 0.5) is 13.2 Å². The van der Waals surface area contributed by atoms with Crippen molar-refractivity contribution in [1.29, 1.82) is 0 Å². The third kappa shape index (κ3) is 0.704. The van der Waals surface area contributed by atoms with Crippen LogP contribution < -0.4 is 0 Å². The highest BCUT2D eigenvalue weighted by Crippen LogP contribution is 2.80. The SMILES string of the molecule is CC(C)[C@]12C[C@@](C(F)(F)F)(C1)C2. The van der Waals surface area contributed by atoms with Crippen molar-refractivity contribution in [3.63, 3.8) is 0 Å². The van der Waals surface area contributed by atoms with Crippen molar-refractivity contribution >= 4 is 0 Å². The van der Waals surface area contributed by atoms with Gasteiger partial charge in [-0.1, -0.05) is 13.8 Å². The minimum absolute atomic E-state index is 0.0650. The highest BCUT2D eigenvalue weighted by atomic mass is 19.4. The van der Waals surface area contributed by atoms with Crippen LogP contribution in [-0.4, -0.2) is 6.18 Å². The normalized spacial score (nSPS) is 45.5. The van der Waals surface area contributed by atoms with Gasteiger partial charge in [-0.15, -0.1) is 0 Å². The molecule has 0 aliphatic heterocycles. The molecule has 3 rings (SSSR count). The van der Waals surface area contributed by atoms with Crippen LogP contribution in [0.3, 0.4) is 0 Å². The number of rotatable bonds is 1. The van der Waals surface area contributed by atoms with Gasteiger partial charge < -0.3 is 0 Å². The molecule has 0 radical (unpaired) electrons. The molecule has 0 amide bonds. The van der Waals surface area contributed by atoms with Gasteiger partial charge in [-0.3, -0.25) is 0 Å². The first kappa shape index (κ1) is 8.39. The molecule has 12 heavy (non-hydrogen) atoms. The summed E-state index contributed by atoms with van der Waals surface area (Å²) in [5.74, 6) is 0.418. The largest absolute Gasteiger partial charge is 0.394 e. The molecule has 0 spiro atoms. The summed E-state index contributed by atoms with van der Waals surface area (Å²) in [4.78, 5) is 0. The van der Waals surface area contributed by atoms with Crippen molar-refractivity contribution in [1.82, 2.24) is 0 Å². The average molecular weight is 178 g/mol. The fourth-order valence-electron chi connectivity index (χ4n) is 2.78. The Bertz CT molecular complexity index is 195. The van der Waals surface area contributed by atoms with Gasteiger partial charge >= 0.3 is 6.18 Å². The van der Waals surface area contributed by atoms with Crippen molar-refractivity contribution in [3.05, 3.63) is 0 Å². The van der Waals surface area contributed by atoms with E-state index in [4.69, 9.17) is 0 Å². The third-order valence-electron chi connectivity index (χ3n) is 3.90. The van der Waals surface area contributed by atoms with E-state index in [1.165, 1.54) is 0 Å². The van der Waals surface area contributed by atoms with Gasteiger partial charge in [0.15, 0.2) is 0 Å². The summed E-state index contributed by atoms with van der Waals surface area (Å²) in [6.07, 6.45) is -2.77. The summed E-state index contributed by atoms with van der Waals surface area (Å²) >= 11 is 0. The Morgan fingerprint density at radius 1 is 1.08 bits per heavy atom. The van der Waals surface area contributed by atoms with Crippen molar-refractivity contribution in [2.45, 2.75) is 39.3 Å². The maximum absolute atomic E-state index is 12.4. The summed E-state index contributed by atoms with van der Waals surface area (Å²) in [6, 6.07) is 0. The Balaban J connectivity index is 2.05. The lowest BCUT2D eigenvalue weighted by Crippen LogP contribution is -2.69. The molecule has 0 nitrogen and oxygen atoms in total. The van der Waals surface area contributed by atoms with Gasteiger partial charge in [0, 0.05) is 0 Å². The molecule has 0 aromatic rings. The van der Waals surface area contributed by atoms with Gasteiger partial charge in [-0.25, -0.2) is 0 Å². The molecule has 3 aliphatic rings. The monoisotopic (exact) mass is 178 g/mol. The van der Waals surface area contributed by atoms with Crippen LogP contribution in [0.1, 0.15) is 33.1 Å². The van der Waals surface area contributed by atoms with Gasteiger partial charge in [0.2, 0.25) is 0 Å². The van der Waals surface area contributed by atoms with Crippen molar-refractivity contribution in [3.8, 4) is 0 Å². The lowest BCUT2D eigenvalue weighted by molar-refractivity contribution is -0.373. The van der Waals surface area contributed by atoms with E-state index in [0.717, 1.165) is 0 Å². The maximum Gasteiger partial charge on any atom is 0.394 e. The minimum atomic E-state index is -3.94. The van der Waals surface area contributed by atoms with Gasteiger partial charge in [-0.2, -0.15) is 13.2 Å². The molecule has 3 saturated carbocycles. The highest BCUT2D eigenvalue weighted by Gasteiger charge is 2.78. The van der Waals surface area contributed by atoms with E-state index in [2.05, 4.69) is 0 Å². The molecular weight excluding hydrogens is 165 g/mol. The van der Waals surface area contributed by atoms with E-state index in [9.17, 15) is 13.2 Å². The van der Waals surface area contributed by atoms with Crippen LogP contribution in [0, 0.1) is 16.7 Å². The predicted molar refractivity (Wildman–Crippen MR) is 39.6 cm³/mol. The molecule has 3 heteroatoms. The van der Waals surface area contributed by atoms with Crippen LogP contribution in [-0.2, 0) is 0 Å². The summed E-state index contributed by atoms with van der Waals surface area (Å²) in [7, 11) is 0. The Kier molecular flexibility index (Phi) is 1.28. The van der Waals surface area contributed by atoms with E-state index >= 15 is 0 Å². The molecule has 0 N–H and O–H groups in total. The molecule has 0 atom stereocenters. The zero-order chi connectivity index (χ0) is 9.20. The first-order chi connectivity index (χ1) is 5.31. The van der Waals surface area contributed by atoms with Crippen molar-refractivity contribution < 1.29 is 13.2 Å². The molecule has 2 bridgehead atoms. The van der Waals surface area contributed by atoms with Gasteiger partial charge in [0.1, 0.15) is 0 Å². The lowest BCUT2D eigenvalue weighted by atomic mass is 9.32. The molecule has 70 valence electrons. The molecule has 3 fully saturated rings. The fourth-order valence-corrected chi connectivity index (χ4v) is 2.78. The van der Waals surface area contributed by atoms with Gasteiger partial charge in [0.25, 0.3) is 0 Å². The predicted octanol–water partition coefficient (Wildman–Crippen LogP) is 3.38. The molecule has 0 heterocycles. The van der Waals surface area contributed by atoms with Crippen LogP contribution in [0.25, 0.3) is 0 Å². The second kappa shape index (κ2) is 1.83. The molecule has 0 saturated heterocycles. The number of halogens is 3. The Labute approximate surface area is 70.1 Å². The van der Waals surface area contributed by atoms with Crippen molar-refractivity contribution in [2.24, 2.45) is 16.7 Å². The fraction of sp³-hybridized carbons (Fsp3) is 1.00. The first-order valence-corrected chi connectivity index (χ1v) is 4.38. The van der Waals surface area contributed by atoms with Gasteiger partial charge in [-0.05, 0) is 30.6 Å². The Hall–Kier alpha value is -0.210. The third-order valence-corrected chi connectivity index (χ3v) is 3.90.